The molecular weight excluding hydrogens is 609 g/mol. The van der Waals surface area contributed by atoms with Crippen LogP contribution in [0, 0.1) is 0 Å². The number of furan rings is 2. The summed E-state index contributed by atoms with van der Waals surface area (Å²) >= 11 is 0. The van der Waals surface area contributed by atoms with E-state index in [4.69, 9.17) is 8.83 Å². The highest BCUT2D eigenvalue weighted by atomic mass is 16.3. The Morgan fingerprint density at radius 3 is 1.72 bits per heavy atom. The second-order valence-corrected chi connectivity index (χ2v) is 13.2. The highest BCUT2D eigenvalue weighted by Crippen LogP contribution is 2.46. The molecule has 9 aromatic carbocycles. The van der Waals surface area contributed by atoms with Crippen LogP contribution in [-0.2, 0) is 0 Å². The molecule has 0 aliphatic carbocycles. The first-order valence-electron chi connectivity index (χ1n) is 17.1. The van der Waals surface area contributed by atoms with E-state index in [0.717, 1.165) is 60.9 Å². The van der Waals surface area contributed by atoms with Gasteiger partial charge in [0, 0.05) is 32.8 Å². The van der Waals surface area contributed by atoms with Gasteiger partial charge >= 0.3 is 0 Å². The first-order valence-corrected chi connectivity index (χ1v) is 17.1. The fourth-order valence-electron chi connectivity index (χ4n) is 8.20. The standard InChI is InChI=1S/C48H28O2/c1-3-10-29(11-4-1)46-41-28-33(22-27-43(41)49-47(46)32-12-5-2-6-13-32)34-23-18-30-21-26-38-35(24-19-31-20-25-37(34)44(30)45(31)38)39-15-9-16-40-36-14-7-8-17-42(36)50-48(39)40/h1-28H. The molecule has 0 radical (unpaired) electrons. The summed E-state index contributed by atoms with van der Waals surface area (Å²) in [5, 5.41) is 10.9. The largest absolute Gasteiger partial charge is 0.455 e. The molecule has 2 heterocycles. The van der Waals surface area contributed by atoms with Gasteiger partial charge in [0.15, 0.2) is 0 Å². The summed E-state index contributed by atoms with van der Waals surface area (Å²) in [5.41, 5.74) is 10.7. The summed E-state index contributed by atoms with van der Waals surface area (Å²) in [6.07, 6.45) is 0. The quantitative estimate of drug-likeness (QED) is 0.180. The number of hydrogen-bond donors (Lipinski definition) is 0. The van der Waals surface area contributed by atoms with Crippen LogP contribution in [-0.4, -0.2) is 0 Å². The van der Waals surface area contributed by atoms with Gasteiger partial charge in [0.25, 0.3) is 0 Å². The van der Waals surface area contributed by atoms with Gasteiger partial charge in [-0.1, -0.05) is 152 Å². The Hall–Kier alpha value is -6.64. The zero-order chi connectivity index (χ0) is 32.8. The summed E-state index contributed by atoms with van der Waals surface area (Å²) in [5.74, 6) is 0.895. The molecule has 0 N–H and O–H groups in total. The summed E-state index contributed by atoms with van der Waals surface area (Å²) < 4.78 is 13.1. The average Bonchev–Trinajstić information content (AvgIpc) is 3.76. The molecule has 232 valence electrons. The van der Waals surface area contributed by atoms with E-state index in [0.29, 0.717) is 0 Å². The molecule has 2 nitrogen and oxygen atoms in total. The van der Waals surface area contributed by atoms with Gasteiger partial charge in [-0.15, -0.1) is 0 Å². The van der Waals surface area contributed by atoms with Gasteiger partial charge in [-0.05, 0) is 72.8 Å². The number of rotatable bonds is 4. The van der Waals surface area contributed by atoms with Crippen LogP contribution in [0.25, 0.3) is 110 Å². The van der Waals surface area contributed by atoms with E-state index in [9.17, 15) is 0 Å². The van der Waals surface area contributed by atoms with Crippen molar-refractivity contribution in [2.75, 3.05) is 0 Å². The van der Waals surface area contributed by atoms with E-state index in [1.807, 2.05) is 12.1 Å². The predicted octanol–water partition coefficient (Wildman–Crippen LogP) is 13.9. The fraction of sp³-hybridized carbons (Fsp3) is 0. The highest BCUT2D eigenvalue weighted by molar-refractivity contribution is 6.28. The number of fused-ring (bicyclic) bond motifs is 4. The van der Waals surface area contributed by atoms with Crippen molar-refractivity contribution in [1.29, 1.82) is 0 Å². The molecule has 0 aliphatic rings. The van der Waals surface area contributed by atoms with Crippen molar-refractivity contribution in [2.45, 2.75) is 0 Å². The molecule has 0 fully saturated rings. The predicted molar refractivity (Wildman–Crippen MR) is 209 cm³/mol. The molecule has 0 amide bonds. The fourth-order valence-corrected chi connectivity index (χ4v) is 8.20. The van der Waals surface area contributed by atoms with Crippen molar-refractivity contribution in [3.63, 3.8) is 0 Å². The van der Waals surface area contributed by atoms with Crippen LogP contribution < -0.4 is 0 Å². The van der Waals surface area contributed by atoms with Crippen LogP contribution in [0.3, 0.4) is 0 Å². The van der Waals surface area contributed by atoms with E-state index in [1.54, 1.807) is 0 Å². The summed E-state index contributed by atoms with van der Waals surface area (Å²) in [6.45, 7) is 0. The van der Waals surface area contributed by atoms with Gasteiger partial charge in [-0.2, -0.15) is 0 Å². The summed E-state index contributed by atoms with van der Waals surface area (Å²) in [6, 6.07) is 60.7. The second kappa shape index (κ2) is 10.4. The maximum atomic E-state index is 6.61. The Labute approximate surface area is 287 Å². The van der Waals surface area contributed by atoms with Gasteiger partial charge in [-0.25, -0.2) is 0 Å². The van der Waals surface area contributed by atoms with E-state index >= 15 is 0 Å². The SMILES string of the molecule is c1ccc(-c2oc3ccc(-c4ccc5ccc6c(-c7cccc8c7oc7ccccc78)ccc7ccc4c5c76)cc3c2-c2ccccc2)cc1. The maximum absolute atomic E-state index is 6.61. The van der Waals surface area contributed by atoms with E-state index in [2.05, 4.69) is 158 Å². The molecule has 2 aromatic heterocycles. The van der Waals surface area contributed by atoms with Gasteiger partial charge in [0.2, 0.25) is 0 Å². The molecule has 0 saturated heterocycles. The first-order chi connectivity index (χ1) is 24.8. The van der Waals surface area contributed by atoms with Gasteiger partial charge in [0.1, 0.15) is 22.5 Å². The van der Waals surface area contributed by atoms with Crippen molar-refractivity contribution < 1.29 is 8.83 Å². The highest BCUT2D eigenvalue weighted by Gasteiger charge is 2.21. The normalized spacial score (nSPS) is 12.0. The third kappa shape index (κ3) is 3.90. The zero-order valence-electron chi connectivity index (χ0n) is 27.0. The molecule has 50 heavy (non-hydrogen) atoms. The maximum Gasteiger partial charge on any atom is 0.143 e. The van der Waals surface area contributed by atoms with Crippen LogP contribution in [0.15, 0.2) is 179 Å². The lowest BCUT2D eigenvalue weighted by atomic mass is 9.86. The Morgan fingerprint density at radius 2 is 0.940 bits per heavy atom. The Morgan fingerprint density at radius 1 is 0.320 bits per heavy atom. The van der Waals surface area contributed by atoms with Crippen LogP contribution >= 0.6 is 0 Å². The summed E-state index contributed by atoms with van der Waals surface area (Å²) in [4.78, 5) is 0. The van der Waals surface area contributed by atoms with Gasteiger partial charge in [0.05, 0.1) is 0 Å². The zero-order valence-corrected chi connectivity index (χ0v) is 27.0. The molecule has 0 bridgehead atoms. The van der Waals surface area contributed by atoms with Crippen molar-refractivity contribution in [1.82, 2.24) is 0 Å². The van der Waals surface area contributed by atoms with E-state index in [-0.39, 0.29) is 0 Å². The minimum Gasteiger partial charge on any atom is -0.455 e. The number of hydrogen-bond acceptors (Lipinski definition) is 2. The molecule has 0 aliphatic heterocycles. The van der Waals surface area contributed by atoms with Crippen molar-refractivity contribution >= 4 is 65.2 Å². The van der Waals surface area contributed by atoms with E-state index in [1.165, 1.54) is 49.0 Å². The van der Waals surface area contributed by atoms with Gasteiger partial charge < -0.3 is 8.83 Å². The lowest BCUT2D eigenvalue weighted by Gasteiger charge is -2.16. The monoisotopic (exact) mass is 636 g/mol. The van der Waals surface area contributed by atoms with Crippen molar-refractivity contribution in [3.05, 3.63) is 170 Å². The van der Waals surface area contributed by atoms with Crippen molar-refractivity contribution in [2.24, 2.45) is 0 Å². The third-order valence-electron chi connectivity index (χ3n) is 10.5. The first kappa shape index (κ1) is 27.3. The van der Waals surface area contributed by atoms with Crippen LogP contribution in [0.1, 0.15) is 0 Å². The minimum absolute atomic E-state index is 0.883. The minimum atomic E-state index is 0.883. The van der Waals surface area contributed by atoms with E-state index < -0.39 is 0 Å². The molecule has 11 aromatic rings. The Balaban J connectivity index is 1.15. The molecule has 0 atom stereocenters. The lowest BCUT2D eigenvalue weighted by Crippen LogP contribution is -1.90. The molecular formula is C48H28O2. The molecule has 0 unspecified atom stereocenters. The van der Waals surface area contributed by atoms with Crippen LogP contribution in [0.5, 0.6) is 0 Å². The number of para-hydroxylation sites is 2. The van der Waals surface area contributed by atoms with Gasteiger partial charge in [-0.3, -0.25) is 0 Å². The topological polar surface area (TPSA) is 26.3 Å². The summed E-state index contributed by atoms with van der Waals surface area (Å²) in [7, 11) is 0. The molecule has 11 rings (SSSR count). The Bertz CT molecular complexity index is 3070. The Kier molecular flexibility index (Phi) is 5.70. The second-order valence-electron chi connectivity index (χ2n) is 13.2. The van der Waals surface area contributed by atoms with Crippen LogP contribution in [0.4, 0.5) is 0 Å². The third-order valence-corrected chi connectivity index (χ3v) is 10.5. The molecule has 0 spiro atoms. The smallest absolute Gasteiger partial charge is 0.143 e. The van der Waals surface area contributed by atoms with Crippen LogP contribution in [0.2, 0.25) is 0 Å². The average molecular weight is 637 g/mol. The van der Waals surface area contributed by atoms with Crippen molar-refractivity contribution in [3.8, 4) is 44.7 Å². The number of benzene rings is 9. The lowest BCUT2D eigenvalue weighted by molar-refractivity contribution is 0.632. The molecule has 0 saturated carbocycles. The molecule has 2 heteroatoms.